The van der Waals surface area contributed by atoms with Gasteiger partial charge in [-0.1, -0.05) is 31.9 Å². The number of anilines is 1. The number of carbonyl (C=O) groups excluding carboxylic acids is 4. The molecule has 0 bridgehead atoms. The van der Waals surface area contributed by atoms with Crippen molar-refractivity contribution in [2.45, 2.75) is 63.2 Å². The highest BCUT2D eigenvalue weighted by atomic mass is 16.7. The second kappa shape index (κ2) is 13.3. The van der Waals surface area contributed by atoms with Gasteiger partial charge in [-0.2, -0.15) is 4.98 Å². The van der Waals surface area contributed by atoms with Gasteiger partial charge in [-0.3, -0.25) is 9.36 Å². The number of aliphatic hydroxyl groups is 1. The molecule has 2 aliphatic heterocycles. The second-order valence-corrected chi connectivity index (χ2v) is 9.31. The summed E-state index contributed by atoms with van der Waals surface area (Å²) >= 11 is 0. The van der Waals surface area contributed by atoms with Gasteiger partial charge in [0.2, 0.25) is 0 Å². The van der Waals surface area contributed by atoms with Crippen LogP contribution >= 0.6 is 0 Å². The van der Waals surface area contributed by atoms with E-state index in [-0.39, 0.29) is 23.4 Å². The first kappa shape index (κ1) is 29.6. The third-order valence-corrected chi connectivity index (χ3v) is 6.39. The maximum absolute atomic E-state index is 13.0. The summed E-state index contributed by atoms with van der Waals surface area (Å²) in [5.41, 5.74) is 6.83. The Kier molecular flexibility index (Phi) is 9.65. The fourth-order valence-corrected chi connectivity index (χ4v) is 4.24. The first-order valence-corrected chi connectivity index (χ1v) is 13.0. The van der Waals surface area contributed by atoms with Crippen LogP contribution in [0.25, 0.3) is 0 Å². The van der Waals surface area contributed by atoms with Crippen LogP contribution in [0.2, 0.25) is 0 Å². The van der Waals surface area contributed by atoms with Crippen LogP contribution in [0, 0.1) is 0 Å². The Morgan fingerprint density at radius 2 is 1.78 bits per heavy atom. The number of nitrogens with two attached hydrogens (primary N) is 1. The molecule has 1 fully saturated rings. The molecular formula is C26H30N4O11. The van der Waals surface area contributed by atoms with Crippen LogP contribution in [0.15, 0.2) is 41.3 Å². The van der Waals surface area contributed by atoms with Crippen LogP contribution in [0.4, 0.5) is 5.82 Å². The molecule has 0 aliphatic carbocycles. The average molecular weight is 575 g/mol. The molecule has 0 saturated carbocycles. The van der Waals surface area contributed by atoms with Gasteiger partial charge in [0.15, 0.2) is 24.3 Å². The second-order valence-electron chi connectivity index (χ2n) is 9.31. The number of fused-ring (bicyclic) bond motifs is 2. The molecule has 3 heterocycles. The fourth-order valence-electron chi connectivity index (χ4n) is 4.24. The summed E-state index contributed by atoms with van der Waals surface area (Å²) in [7, 11) is 0. The molecule has 220 valence electrons. The van der Waals surface area contributed by atoms with Crippen molar-refractivity contribution in [1.82, 2.24) is 9.55 Å². The van der Waals surface area contributed by atoms with E-state index in [0.29, 0.717) is 6.42 Å². The van der Waals surface area contributed by atoms with Crippen LogP contribution in [0.1, 0.15) is 59.6 Å². The summed E-state index contributed by atoms with van der Waals surface area (Å²) in [4.78, 5) is 71.7. The summed E-state index contributed by atoms with van der Waals surface area (Å²) in [6.07, 6.45) is -1.31. The predicted molar refractivity (Wildman–Crippen MR) is 137 cm³/mol. The minimum Gasteiger partial charge on any atom is -0.462 e. The van der Waals surface area contributed by atoms with Gasteiger partial charge in [0, 0.05) is 18.7 Å². The molecule has 5 atom stereocenters. The lowest BCUT2D eigenvalue weighted by Crippen LogP contribution is -2.44. The number of aliphatic hydroxyl groups excluding tert-OH is 1. The van der Waals surface area contributed by atoms with E-state index in [0.717, 1.165) is 17.4 Å². The number of hydrogen-bond donors (Lipinski definition) is 3. The van der Waals surface area contributed by atoms with Crippen LogP contribution < -0.4 is 16.9 Å². The third kappa shape index (κ3) is 6.87. The number of unbranched alkanes of at least 4 members (excludes halogenated alkanes) is 2. The maximum atomic E-state index is 13.0. The van der Waals surface area contributed by atoms with Gasteiger partial charge in [-0.25, -0.2) is 24.7 Å². The largest absolute Gasteiger partial charge is 0.462 e. The van der Waals surface area contributed by atoms with Gasteiger partial charge in [0.1, 0.15) is 18.8 Å². The molecular weight excluding hydrogens is 544 g/mol. The van der Waals surface area contributed by atoms with Gasteiger partial charge in [0.05, 0.1) is 17.7 Å². The molecule has 1 saturated heterocycles. The van der Waals surface area contributed by atoms with E-state index in [2.05, 4.69) is 10.5 Å². The van der Waals surface area contributed by atoms with Crippen molar-refractivity contribution in [2.75, 3.05) is 18.7 Å². The molecule has 15 heteroatoms. The zero-order valence-electron chi connectivity index (χ0n) is 22.1. The Labute approximate surface area is 233 Å². The van der Waals surface area contributed by atoms with E-state index in [4.69, 9.17) is 34.6 Å². The summed E-state index contributed by atoms with van der Waals surface area (Å²) in [6.45, 7) is 0.825. The Morgan fingerprint density at radius 1 is 1.10 bits per heavy atom. The lowest BCUT2D eigenvalue weighted by Gasteiger charge is -2.27. The zero-order valence-corrected chi connectivity index (χ0v) is 22.1. The van der Waals surface area contributed by atoms with Gasteiger partial charge >= 0.3 is 29.6 Å². The number of aromatic nitrogens is 2. The topological polar surface area (TPSA) is 208 Å². The van der Waals surface area contributed by atoms with Gasteiger partial charge in [-0.15, -0.1) is 0 Å². The van der Waals surface area contributed by atoms with Crippen molar-refractivity contribution >= 4 is 29.7 Å². The van der Waals surface area contributed by atoms with Crippen LogP contribution in [-0.2, 0) is 33.4 Å². The van der Waals surface area contributed by atoms with Gasteiger partial charge in [0.25, 0.3) is 0 Å². The third-order valence-electron chi connectivity index (χ3n) is 6.39. The highest BCUT2D eigenvalue weighted by Gasteiger charge is 2.52. The number of nitrogens with zero attached hydrogens (tertiary/aromatic N) is 2. The number of rotatable bonds is 11. The normalized spacial score (nSPS) is 22.2. The number of esters is 3. The molecule has 4 rings (SSSR count). The SMILES string of the molecule is CCCCCC(=O)ONc1ccn([C@@H]2O[C@H](COC(=O)[C@@H](N)CO)[C@H]3OC(=O)c4ccccc4C(=O)O[C@H]32)c(=O)n1. The molecule has 15 nitrogen and oxygen atoms in total. The van der Waals surface area contributed by atoms with Crippen LogP contribution in [0.3, 0.4) is 0 Å². The number of benzene rings is 1. The molecule has 0 amide bonds. The Balaban J connectivity index is 1.58. The van der Waals surface area contributed by atoms with Crippen LogP contribution in [0.5, 0.6) is 0 Å². The molecule has 41 heavy (non-hydrogen) atoms. The van der Waals surface area contributed by atoms with E-state index in [1.165, 1.54) is 24.4 Å². The lowest BCUT2D eigenvalue weighted by molar-refractivity contribution is -0.152. The Morgan fingerprint density at radius 3 is 2.41 bits per heavy atom. The fraction of sp³-hybridized carbons (Fsp3) is 0.462. The summed E-state index contributed by atoms with van der Waals surface area (Å²) in [6, 6.07) is 5.85. The first-order chi connectivity index (χ1) is 19.7. The van der Waals surface area contributed by atoms with Crippen molar-refractivity contribution in [3.8, 4) is 0 Å². The van der Waals surface area contributed by atoms with E-state index in [9.17, 15) is 24.0 Å². The zero-order chi connectivity index (χ0) is 29.5. The lowest BCUT2D eigenvalue weighted by atomic mass is 10.0. The average Bonchev–Trinajstić information content (AvgIpc) is 3.29. The van der Waals surface area contributed by atoms with Crippen molar-refractivity contribution in [2.24, 2.45) is 5.73 Å². The Hall–Kier alpha value is -4.34. The quantitative estimate of drug-likeness (QED) is 0.142. The highest BCUT2D eigenvalue weighted by molar-refractivity contribution is 6.03. The Bertz CT molecular complexity index is 1350. The summed E-state index contributed by atoms with van der Waals surface area (Å²) in [5.74, 6) is -3.26. The number of hydrogen-bond acceptors (Lipinski definition) is 14. The predicted octanol–water partition coefficient (Wildman–Crippen LogP) is 0.219. The minimum atomic E-state index is -1.36. The monoisotopic (exact) mass is 574 g/mol. The molecule has 0 unspecified atom stereocenters. The first-order valence-electron chi connectivity index (χ1n) is 13.0. The van der Waals surface area contributed by atoms with Gasteiger partial charge < -0.3 is 34.6 Å². The molecule has 0 spiro atoms. The molecule has 0 radical (unpaired) electrons. The minimum absolute atomic E-state index is 0.0454. The van der Waals surface area contributed by atoms with Crippen molar-refractivity contribution in [3.63, 3.8) is 0 Å². The number of carbonyl (C=O) groups is 4. The van der Waals surface area contributed by atoms with Crippen molar-refractivity contribution in [3.05, 3.63) is 58.1 Å². The van der Waals surface area contributed by atoms with Gasteiger partial charge in [-0.05, 0) is 18.6 Å². The van der Waals surface area contributed by atoms with E-state index in [1.54, 1.807) is 12.1 Å². The molecule has 4 N–H and O–H groups in total. The smallest absolute Gasteiger partial charge is 0.351 e. The number of nitrogens with one attached hydrogen (secondary N) is 1. The van der Waals surface area contributed by atoms with E-state index < -0.39 is 73.4 Å². The summed E-state index contributed by atoms with van der Waals surface area (Å²) in [5, 5.41) is 9.11. The molecule has 2 aliphatic rings. The van der Waals surface area contributed by atoms with E-state index >= 15 is 0 Å². The van der Waals surface area contributed by atoms with E-state index in [1.807, 2.05) is 6.92 Å². The molecule has 1 aromatic heterocycles. The molecule has 2 aromatic rings. The standard InChI is InChI=1S/C26H30N4O11/c1-2-3-4-9-19(32)41-29-18-10-11-30(26(36)28-18)22-21-20(17(38-22)13-37-25(35)16(27)12-31)39-23(33)14-7-5-6-8-15(14)24(34)40-21/h5-8,10-11,16-17,20-22,31H,2-4,9,12-13,27H2,1H3,(H,28,29,36)/t16-,17+,20+,21+,22+/m0/s1. The van der Waals surface area contributed by atoms with Crippen LogP contribution in [-0.4, -0.2) is 76.1 Å². The van der Waals surface area contributed by atoms with Crippen molar-refractivity contribution in [1.29, 1.82) is 0 Å². The highest BCUT2D eigenvalue weighted by Crippen LogP contribution is 2.36. The number of ether oxygens (including phenoxy) is 4. The molecule has 1 aromatic carbocycles. The summed E-state index contributed by atoms with van der Waals surface area (Å²) < 4.78 is 23.3. The van der Waals surface area contributed by atoms with Crippen molar-refractivity contribution < 1.29 is 48.1 Å². The maximum Gasteiger partial charge on any atom is 0.351 e.